The third-order valence-electron chi connectivity index (χ3n) is 1.04. The van der Waals surface area contributed by atoms with Gasteiger partial charge in [-0.05, 0) is 31.5 Å². The molecule has 0 amide bonds. The first-order valence-corrected chi connectivity index (χ1v) is 3.72. The number of carbonyl (C=O) groups is 1. The number of isocyanates is 2. The highest BCUT2D eigenvalue weighted by atomic mass is 16.4. The molecule has 0 aromatic heterocycles. The van der Waals surface area contributed by atoms with E-state index < -0.39 is 12.0 Å². The summed E-state index contributed by atoms with van der Waals surface area (Å²) in [5.74, 6) is -0.955. The Morgan fingerprint density at radius 2 is 1.67 bits per heavy atom. The van der Waals surface area contributed by atoms with E-state index in [4.69, 9.17) is 37.0 Å². The van der Waals surface area contributed by atoms with Crippen LogP contribution < -0.4 is 11.5 Å². The van der Waals surface area contributed by atoms with Crippen molar-refractivity contribution in [1.29, 1.82) is 0 Å². The van der Waals surface area contributed by atoms with Gasteiger partial charge in [0.05, 0.1) is 0 Å². The number of aliphatic carboxylic acids is 1. The molecule has 0 radical (unpaired) electrons. The molecule has 0 aliphatic rings. The number of carboxylic acid groups (broad SMARTS) is 1. The van der Waals surface area contributed by atoms with Crippen LogP contribution in [0.3, 0.4) is 0 Å². The average Bonchev–Trinajstić information content (AvgIpc) is 2.16. The fraction of sp³-hybridized carbons (Fsp3) is 0.571. The lowest BCUT2D eigenvalue weighted by Crippen LogP contribution is -2.30. The molecule has 0 saturated carbocycles. The molecule has 1 unspecified atom stereocenters. The summed E-state index contributed by atoms with van der Waals surface area (Å²) in [5, 5.41) is 21.8. The smallest absolute Gasteiger partial charge is 0.320 e. The van der Waals surface area contributed by atoms with Crippen LogP contribution in [0, 0.1) is 0 Å². The van der Waals surface area contributed by atoms with Crippen LogP contribution in [0.15, 0.2) is 0 Å². The summed E-state index contributed by atoms with van der Waals surface area (Å²) in [6, 6.07) is -0.742. The van der Waals surface area contributed by atoms with E-state index in [2.05, 4.69) is 0 Å². The number of rotatable bonds is 4. The number of hydrogen-bond donors (Lipinski definition) is 3. The third-order valence-corrected chi connectivity index (χ3v) is 1.04. The molecule has 8 heteroatoms. The molecule has 5 N–H and O–H groups in total. The van der Waals surface area contributed by atoms with Crippen molar-refractivity contribution in [2.75, 3.05) is 6.54 Å². The highest BCUT2D eigenvalue weighted by molar-refractivity contribution is 5.72. The Labute approximate surface area is 86.3 Å². The molecule has 15 heavy (non-hydrogen) atoms. The number of nitrogens with two attached hydrogens (primary N) is 2. The second-order valence-corrected chi connectivity index (χ2v) is 2.06. The van der Waals surface area contributed by atoms with Crippen LogP contribution >= 0.6 is 0 Å². The van der Waals surface area contributed by atoms with E-state index in [1.54, 1.807) is 0 Å². The van der Waals surface area contributed by atoms with Crippen molar-refractivity contribution in [3.8, 4) is 0 Å². The minimum Gasteiger partial charge on any atom is -0.724 e. The Hall–Kier alpha value is -1.85. The standard InChI is InChI=1S/C5H12N2O2.2CNO/c6-3-1-2-4(7)5(8)9;2*2-1-3/h4H,1-3,6-7H2,(H,8,9);;/q;2*-1. The highest BCUT2D eigenvalue weighted by Gasteiger charge is 2.08. The van der Waals surface area contributed by atoms with Gasteiger partial charge in [0.25, 0.3) is 0 Å². The fourth-order valence-corrected chi connectivity index (χ4v) is 0.461. The normalized spacial score (nSPS) is 8.93. The molecule has 0 spiro atoms. The molecule has 0 aromatic rings. The molecule has 8 nitrogen and oxygen atoms in total. The van der Waals surface area contributed by atoms with E-state index in [-0.39, 0.29) is 0 Å². The van der Waals surface area contributed by atoms with Crippen molar-refractivity contribution in [2.24, 2.45) is 11.5 Å². The molecule has 0 bridgehead atoms. The van der Waals surface area contributed by atoms with Crippen molar-refractivity contribution in [3.63, 3.8) is 0 Å². The summed E-state index contributed by atoms with van der Waals surface area (Å²) in [6.45, 7) is 0.501. The minimum absolute atomic E-state index is 0.464. The zero-order valence-corrected chi connectivity index (χ0v) is 7.92. The van der Waals surface area contributed by atoms with Crippen molar-refractivity contribution in [3.05, 3.63) is 10.8 Å². The van der Waals surface area contributed by atoms with Gasteiger partial charge >= 0.3 is 5.97 Å². The molecule has 86 valence electrons. The number of carbonyl (C=O) groups excluding carboxylic acids is 2. The van der Waals surface area contributed by atoms with Crippen LogP contribution in [0.25, 0.3) is 10.8 Å². The number of carboxylic acids is 1. The van der Waals surface area contributed by atoms with E-state index in [9.17, 15) is 4.79 Å². The molecular formula is C7H12N4O4-2. The van der Waals surface area contributed by atoms with Gasteiger partial charge in [-0.15, -0.1) is 0 Å². The first kappa shape index (κ1) is 18.8. The second-order valence-electron chi connectivity index (χ2n) is 2.06. The SMILES string of the molecule is NCCCC(N)C(=O)O.[N-]=C=O.[N-]=C=O. The molecule has 0 rings (SSSR count). The largest absolute Gasteiger partial charge is 0.724 e. The number of nitrogens with zero attached hydrogens (tertiary/aromatic N) is 2. The van der Waals surface area contributed by atoms with Crippen molar-refractivity contribution < 1.29 is 19.5 Å². The molecule has 0 heterocycles. The lowest BCUT2D eigenvalue weighted by Gasteiger charge is -2.02. The summed E-state index contributed by atoms with van der Waals surface area (Å²) in [6.07, 6.45) is 2.14. The lowest BCUT2D eigenvalue weighted by atomic mass is 10.2. The van der Waals surface area contributed by atoms with E-state index in [1.807, 2.05) is 0 Å². The summed E-state index contributed by atoms with van der Waals surface area (Å²) >= 11 is 0. The molecular weight excluding hydrogens is 204 g/mol. The Balaban J connectivity index is -0.000000200. The lowest BCUT2D eigenvalue weighted by molar-refractivity contribution is -0.138. The van der Waals surface area contributed by atoms with Crippen molar-refractivity contribution in [1.82, 2.24) is 0 Å². The number of hydrogen-bond acceptors (Lipinski definition) is 5. The molecule has 0 aliphatic carbocycles. The maximum atomic E-state index is 10.0. The Morgan fingerprint density at radius 1 is 1.33 bits per heavy atom. The van der Waals surface area contributed by atoms with E-state index in [1.165, 1.54) is 0 Å². The van der Waals surface area contributed by atoms with Gasteiger partial charge in [-0.2, -0.15) is 0 Å². The van der Waals surface area contributed by atoms with Gasteiger partial charge in [-0.3, -0.25) is 14.4 Å². The second kappa shape index (κ2) is 18.0. The maximum absolute atomic E-state index is 10.0. The predicted octanol–water partition coefficient (Wildman–Crippen LogP) is -1.08. The van der Waals surface area contributed by atoms with E-state index >= 15 is 0 Å². The Kier molecular flexibility index (Phi) is 22.7. The summed E-state index contributed by atoms with van der Waals surface area (Å²) in [4.78, 5) is 26.5. The zero-order chi connectivity index (χ0) is 12.7. The van der Waals surface area contributed by atoms with Crippen LogP contribution in [0.1, 0.15) is 12.8 Å². The Bertz CT molecular complexity index is 207. The summed E-state index contributed by atoms with van der Waals surface area (Å²) < 4.78 is 0. The van der Waals surface area contributed by atoms with Crippen LogP contribution in [0.4, 0.5) is 0 Å². The molecule has 0 fully saturated rings. The van der Waals surface area contributed by atoms with E-state index in [0.717, 1.165) is 0 Å². The first-order valence-electron chi connectivity index (χ1n) is 3.72. The monoisotopic (exact) mass is 216 g/mol. The van der Waals surface area contributed by atoms with Gasteiger partial charge in [0, 0.05) is 0 Å². The molecule has 1 atom stereocenters. The van der Waals surface area contributed by atoms with Crippen LogP contribution in [0.5, 0.6) is 0 Å². The van der Waals surface area contributed by atoms with Gasteiger partial charge in [-0.25, -0.2) is 0 Å². The van der Waals surface area contributed by atoms with Gasteiger partial charge in [-0.1, -0.05) is 0 Å². The molecule has 0 aliphatic heterocycles. The molecule has 0 aromatic carbocycles. The van der Waals surface area contributed by atoms with E-state index in [0.29, 0.717) is 31.5 Å². The van der Waals surface area contributed by atoms with Gasteiger partial charge < -0.3 is 27.4 Å². The van der Waals surface area contributed by atoms with Crippen LogP contribution in [-0.2, 0) is 14.4 Å². The fourth-order valence-electron chi connectivity index (χ4n) is 0.461. The van der Waals surface area contributed by atoms with Gasteiger partial charge in [0.2, 0.25) is 0 Å². The van der Waals surface area contributed by atoms with Crippen LogP contribution in [0.2, 0.25) is 0 Å². The third kappa shape index (κ3) is 33.1. The van der Waals surface area contributed by atoms with Gasteiger partial charge in [0.1, 0.15) is 6.04 Å². The highest BCUT2D eigenvalue weighted by Crippen LogP contribution is 1.91. The van der Waals surface area contributed by atoms with Crippen LogP contribution in [-0.4, -0.2) is 35.8 Å². The van der Waals surface area contributed by atoms with Crippen molar-refractivity contribution >= 4 is 18.1 Å². The van der Waals surface area contributed by atoms with Gasteiger partial charge in [0.15, 0.2) is 0 Å². The van der Waals surface area contributed by atoms with Crippen molar-refractivity contribution in [2.45, 2.75) is 18.9 Å². The Morgan fingerprint density at radius 3 is 1.87 bits per heavy atom. The minimum atomic E-state index is -0.955. The average molecular weight is 216 g/mol. The summed E-state index contributed by atoms with van der Waals surface area (Å²) in [7, 11) is 0. The zero-order valence-electron chi connectivity index (χ0n) is 7.92. The maximum Gasteiger partial charge on any atom is 0.320 e. The molecule has 0 saturated heterocycles. The topological polar surface area (TPSA) is 168 Å². The first-order chi connectivity index (χ1) is 7.01. The predicted molar refractivity (Wildman–Crippen MR) is 52.0 cm³/mol. The quantitative estimate of drug-likeness (QED) is 0.398. The summed E-state index contributed by atoms with van der Waals surface area (Å²) in [5.41, 5.74) is 10.3.